The second-order valence-electron chi connectivity index (χ2n) is 14.2. The maximum atomic E-state index is 14.5. The second kappa shape index (κ2) is 17.0. The number of carbonyl (C=O) groups is 5. The molecule has 3 aromatic carbocycles. The second-order valence-corrected chi connectivity index (χ2v) is 14.2. The summed E-state index contributed by atoms with van der Waals surface area (Å²) in [6.45, 7) is 10.3. The molecule has 3 aromatic rings. The highest BCUT2D eigenvalue weighted by Crippen LogP contribution is 2.21. The summed E-state index contributed by atoms with van der Waals surface area (Å²) in [5.74, 6) is -1.79. The molecule has 0 radical (unpaired) electrons. The molecule has 0 aliphatic rings. The van der Waals surface area contributed by atoms with Gasteiger partial charge in [-0.05, 0) is 69.0 Å². The Labute approximate surface area is 295 Å². The molecule has 2 atom stereocenters. The molecule has 0 aliphatic heterocycles. The van der Waals surface area contributed by atoms with Gasteiger partial charge in [-0.15, -0.1) is 0 Å². The van der Waals surface area contributed by atoms with Gasteiger partial charge < -0.3 is 19.9 Å². The topological polar surface area (TPSA) is 128 Å². The largest absolute Gasteiger partial charge is 0.444 e. The summed E-state index contributed by atoms with van der Waals surface area (Å²) in [5.41, 5.74) is 2.86. The van der Waals surface area contributed by atoms with Gasteiger partial charge in [-0.1, -0.05) is 78.9 Å². The third kappa shape index (κ3) is 11.7. The van der Waals surface area contributed by atoms with Crippen LogP contribution >= 0.6 is 0 Å². The van der Waals surface area contributed by atoms with E-state index in [1.54, 1.807) is 33.9 Å². The van der Waals surface area contributed by atoms with Crippen LogP contribution in [0.2, 0.25) is 0 Å². The van der Waals surface area contributed by atoms with Gasteiger partial charge in [-0.25, -0.2) is 4.79 Å². The summed E-state index contributed by atoms with van der Waals surface area (Å²) >= 11 is 0. The van der Waals surface area contributed by atoms with Crippen molar-refractivity contribution < 1.29 is 28.7 Å². The van der Waals surface area contributed by atoms with Gasteiger partial charge in [0, 0.05) is 46.4 Å². The van der Waals surface area contributed by atoms with E-state index in [9.17, 15) is 24.0 Å². The van der Waals surface area contributed by atoms with E-state index in [0.29, 0.717) is 6.42 Å². The quantitative estimate of drug-likeness (QED) is 0.203. The molecule has 0 saturated heterocycles. The predicted molar refractivity (Wildman–Crippen MR) is 195 cm³/mol. The van der Waals surface area contributed by atoms with Crippen LogP contribution in [0.25, 0.3) is 10.8 Å². The van der Waals surface area contributed by atoms with Crippen LogP contribution in [0.3, 0.4) is 0 Å². The molecule has 3 rings (SSSR count). The normalized spacial score (nSPS) is 12.9. The summed E-state index contributed by atoms with van der Waals surface area (Å²) < 4.78 is 5.37. The molecular weight excluding hydrogens is 634 g/mol. The van der Waals surface area contributed by atoms with Crippen LogP contribution in [0.1, 0.15) is 59.1 Å². The summed E-state index contributed by atoms with van der Waals surface area (Å²) in [5, 5.41) is 5.93. The van der Waals surface area contributed by atoms with Crippen molar-refractivity contribution in [1.82, 2.24) is 25.6 Å². The molecule has 268 valence electrons. The number of carbonyl (C=O) groups excluding carboxylic acids is 5. The number of ether oxygens (including phenoxy) is 1. The maximum Gasteiger partial charge on any atom is 0.408 e. The number of alkyl carbamates (subject to hydrolysis) is 1. The van der Waals surface area contributed by atoms with Crippen molar-refractivity contribution in [3.8, 4) is 0 Å². The summed E-state index contributed by atoms with van der Waals surface area (Å²) in [4.78, 5) is 68.7. The molecule has 50 heavy (non-hydrogen) atoms. The summed E-state index contributed by atoms with van der Waals surface area (Å²) in [7, 11) is 4.53. The first kappa shape index (κ1) is 39.3. The van der Waals surface area contributed by atoms with Crippen LogP contribution in [0.4, 0.5) is 4.79 Å². The third-order valence-corrected chi connectivity index (χ3v) is 8.21. The fraction of sp³-hybridized carbons (Fsp3) is 0.410. The summed E-state index contributed by atoms with van der Waals surface area (Å²) in [6.07, 6.45) is 3.16. The number of benzene rings is 3. The number of nitrogens with one attached hydrogen (secondary N) is 2. The third-order valence-electron chi connectivity index (χ3n) is 8.21. The Morgan fingerprint density at radius 2 is 1.36 bits per heavy atom. The molecule has 11 nitrogen and oxygen atoms in total. The smallest absolute Gasteiger partial charge is 0.408 e. The van der Waals surface area contributed by atoms with Crippen LogP contribution in [0.15, 0.2) is 84.9 Å². The minimum Gasteiger partial charge on any atom is -0.444 e. The van der Waals surface area contributed by atoms with Crippen LogP contribution in [0.5, 0.6) is 0 Å². The number of nitrogens with zero attached hydrogens (tertiary/aromatic N) is 3. The number of fused-ring (bicyclic) bond motifs is 1. The Balaban J connectivity index is 1.92. The van der Waals surface area contributed by atoms with Crippen molar-refractivity contribution in [2.75, 3.05) is 21.1 Å². The zero-order chi connectivity index (χ0) is 37.2. The van der Waals surface area contributed by atoms with E-state index in [1.807, 2.05) is 86.6 Å². The van der Waals surface area contributed by atoms with Crippen molar-refractivity contribution >= 4 is 40.5 Å². The van der Waals surface area contributed by atoms with E-state index >= 15 is 0 Å². The zero-order valence-corrected chi connectivity index (χ0v) is 30.7. The number of hydrogen-bond acceptors (Lipinski definition) is 6. The Bertz CT molecular complexity index is 1700. The van der Waals surface area contributed by atoms with E-state index in [-0.39, 0.29) is 18.7 Å². The maximum absolute atomic E-state index is 14.5. The van der Waals surface area contributed by atoms with Crippen LogP contribution < -0.4 is 10.7 Å². The fourth-order valence-corrected chi connectivity index (χ4v) is 5.29. The molecule has 0 aliphatic carbocycles. The van der Waals surface area contributed by atoms with Crippen LogP contribution in [0, 0.1) is 0 Å². The van der Waals surface area contributed by atoms with Crippen molar-refractivity contribution in [3.05, 3.63) is 96.1 Å². The van der Waals surface area contributed by atoms with E-state index in [1.165, 1.54) is 36.9 Å². The van der Waals surface area contributed by atoms with Crippen LogP contribution in [-0.2, 0) is 36.8 Å². The van der Waals surface area contributed by atoms with E-state index in [4.69, 9.17) is 4.74 Å². The predicted octanol–water partition coefficient (Wildman–Crippen LogP) is 5.04. The highest BCUT2D eigenvalue weighted by atomic mass is 16.6. The molecule has 11 heteroatoms. The van der Waals surface area contributed by atoms with E-state index in [2.05, 4.69) is 10.7 Å². The molecule has 2 N–H and O–H groups in total. The monoisotopic (exact) mass is 685 g/mol. The van der Waals surface area contributed by atoms with Crippen molar-refractivity contribution in [1.29, 1.82) is 0 Å². The fourth-order valence-electron chi connectivity index (χ4n) is 5.29. The van der Waals surface area contributed by atoms with Gasteiger partial charge in [-0.2, -0.15) is 0 Å². The first-order valence-electron chi connectivity index (χ1n) is 16.6. The van der Waals surface area contributed by atoms with E-state index in [0.717, 1.165) is 26.9 Å². The average molecular weight is 686 g/mol. The first-order chi connectivity index (χ1) is 23.4. The number of likely N-dealkylation sites (N-methyl/N-ethyl adjacent to an activating group) is 2. The van der Waals surface area contributed by atoms with Gasteiger partial charge in [0.05, 0.1) is 0 Å². The molecule has 5 amide bonds. The van der Waals surface area contributed by atoms with Crippen molar-refractivity contribution in [2.24, 2.45) is 0 Å². The first-order valence-corrected chi connectivity index (χ1v) is 16.6. The Morgan fingerprint density at radius 1 is 0.760 bits per heavy atom. The van der Waals surface area contributed by atoms with E-state index < -0.39 is 47.0 Å². The lowest BCUT2D eigenvalue weighted by molar-refractivity contribution is -0.148. The molecule has 0 aromatic heterocycles. The molecule has 0 heterocycles. The minimum absolute atomic E-state index is 0.181. The minimum atomic E-state index is -0.996. The molecule has 0 bridgehead atoms. The Morgan fingerprint density at radius 3 is 1.98 bits per heavy atom. The lowest BCUT2D eigenvalue weighted by Gasteiger charge is -2.35. The number of rotatable bonds is 12. The van der Waals surface area contributed by atoms with Gasteiger partial charge in [0.15, 0.2) is 0 Å². The lowest BCUT2D eigenvalue weighted by atomic mass is 9.98. The van der Waals surface area contributed by atoms with Gasteiger partial charge in [0.25, 0.3) is 5.91 Å². The number of hydrogen-bond donors (Lipinski definition) is 2. The van der Waals surface area contributed by atoms with Gasteiger partial charge in [0.1, 0.15) is 17.7 Å². The molecule has 0 unspecified atom stereocenters. The van der Waals surface area contributed by atoms with Gasteiger partial charge in [0.2, 0.25) is 17.7 Å². The zero-order valence-electron chi connectivity index (χ0n) is 30.7. The Kier molecular flexibility index (Phi) is 13.3. The molecule has 0 saturated carbocycles. The lowest BCUT2D eigenvalue weighted by Crippen LogP contribution is -2.57. The van der Waals surface area contributed by atoms with Gasteiger partial charge >= 0.3 is 6.09 Å². The standard InChI is InChI=1S/C39H51N5O6/c1-27(45)44(9)41-35(47)32(25-28-16-11-10-12-17-28)43(8)36(48)33(26-29-21-22-30-18-13-14-19-31(30)24-29)42(7)34(46)20-15-23-39(5,6)40-37(49)50-38(2,3)4/h10-22,24,32-33H,23,25-26H2,1-9H3,(H,40,49)(H,41,47)/t32-,33-/m1/s1. The van der Waals surface area contributed by atoms with Gasteiger partial charge in [-0.3, -0.25) is 29.6 Å². The highest BCUT2D eigenvalue weighted by Gasteiger charge is 2.35. The SMILES string of the molecule is CC(=O)N(C)NC(=O)[C@@H](Cc1ccccc1)N(C)C(=O)[C@@H](Cc1ccc2ccccc2c1)N(C)C(=O)C=CCC(C)(C)NC(=O)OC(C)(C)C. The van der Waals surface area contributed by atoms with Crippen molar-refractivity contribution in [2.45, 2.75) is 84.0 Å². The van der Waals surface area contributed by atoms with Crippen LogP contribution in [-0.4, -0.2) is 88.9 Å². The Hall–Kier alpha value is -5.19. The number of hydrazine groups is 1. The highest BCUT2D eigenvalue weighted by molar-refractivity contribution is 5.95. The van der Waals surface area contributed by atoms with Crippen molar-refractivity contribution in [3.63, 3.8) is 0 Å². The molecular formula is C39H51N5O6. The molecule has 0 fully saturated rings. The number of amides is 5. The molecule has 0 spiro atoms. The average Bonchev–Trinajstić information content (AvgIpc) is 3.04. The summed E-state index contributed by atoms with van der Waals surface area (Å²) in [6, 6.07) is 21.1.